The standard InChI is InChI=1S/C25H26F3N3O3S2/c1-17-6-8-18(9-7-17)20-4-2-3-5-21(20)30-24(32)22-15-35-23(14-29-22)19-10-12-31(13-11-19)36(33,34)16-25(26,27)28/h2-9,14-15,19,29H,10-13,16H2,1H3,(H,30,32). The number of sulfonamides is 1. The number of nitrogens with zero attached hydrogens (tertiary/aromatic N) is 1. The first kappa shape index (κ1) is 26.3. The second-order valence-corrected chi connectivity index (χ2v) is 11.7. The van der Waals surface area contributed by atoms with Crippen molar-refractivity contribution in [1.82, 2.24) is 9.62 Å². The Morgan fingerprint density at radius 1 is 1.11 bits per heavy atom. The van der Waals surface area contributed by atoms with Crippen LogP contribution in [0.2, 0.25) is 0 Å². The summed E-state index contributed by atoms with van der Waals surface area (Å²) in [5.41, 5.74) is 4.08. The van der Waals surface area contributed by atoms with Gasteiger partial charge in [0, 0.05) is 40.9 Å². The van der Waals surface area contributed by atoms with E-state index in [1.165, 1.54) is 11.8 Å². The van der Waals surface area contributed by atoms with Crippen molar-refractivity contribution in [3.63, 3.8) is 0 Å². The maximum absolute atomic E-state index is 12.9. The molecular formula is C25H26F3N3O3S2. The third kappa shape index (κ3) is 6.51. The summed E-state index contributed by atoms with van der Waals surface area (Å²) < 4.78 is 62.6. The van der Waals surface area contributed by atoms with Gasteiger partial charge in [-0.25, -0.2) is 12.7 Å². The van der Waals surface area contributed by atoms with Crippen LogP contribution in [0.25, 0.3) is 11.1 Å². The van der Waals surface area contributed by atoms with Crippen LogP contribution in [0, 0.1) is 12.8 Å². The second kappa shape index (κ2) is 10.7. The number of carbonyl (C=O) groups excluding carboxylic acids is 1. The fourth-order valence-electron chi connectivity index (χ4n) is 4.16. The van der Waals surface area contributed by atoms with Crippen LogP contribution in [-0.4, -0.2) is 43.6 Å². The highest BCUT2D eigenvalue weighted by atomic mass is 32.2. The number of carbonyl (C=O) groups is 1. The monoisotopic (exact) mass is 537 g/mol. The molecule has 2 aromatic carbocycles. The highest BCUT2D eigenvalue weighted by molar-refractivity contribution is 8.05. The Morgan fingerprint density at radius 3 is 2.39 bits per heavy atom. The van der Waals surface area contributed by atoms with E-state index in [4.69, 9.17) is 0 Å². The molecule has 2 aromatic rings. The lowest BCUT2D eigenvalue weighted by atomic mass is 9.98. The smallest absolute Gasteiger partial charge is 0.356 e. The van der Waals surface area contributed by atoms with Crippen LogP contribution in [0.1, 0.15) is 18.4 Å². The van der Waals surface area contributed by atoms with Gasteiger partial charge < -0.3 is 10.6 Å². The molecule has 6 nitrogen and oxygen atoms in total. The van der Waals surface area contributed by atoms with Crippen molar-refractivity contribution in [1.29, 1.82) is 0 Å². The zero-order valence-corrected chi connectivity index (χ0v) is 21.1. The maximum atomic E-state index is 12.9. The number of allylic oxidation sites excluding steroid dienone is 1. The van der Waals surface area contributed by atoms with Gasteiger partial charge in [0.25, 0.3) is 5.91 Å². The van der Waals surface area contributed by atoms with Crippen molar-refractivity contribution in [3.05, 3.63) is 76.3 Å². The molecule has 1 fully saturated rings. The third-order valence-electron chi connectivity index (χ3n) is 6.06. The zero-order chi connectivity index (χ0) is 25.9. The molecule has 0 unspecified atom stereocenters. The summed E-state index contributed by atoms with van der Waals surface area (Å²) in [6, 6.07) is 15.6. The van der Waals surface area contributed by atoms with Crippen molar-refractivity contribution < 1.29 is 26.4 Å². The van der Waals surface area contributed by atoms with E-state index < -0.39 is 22.0 Å². The SMILES string of the molecule is Cc1ccc(-c2ccccc2NC(=O)C2=CSC(C3CCN(S(=O)(=O)CC(F)(F)F)CC3)=CN2)cc1. The van der Waals surface area contributed by atoms with E-state index in [0.29, 0.717) is 24.2 Å². The Balaban J connectivity index is 1.34. The lowest BCUT2D eigenvalue weighted by Crippen LogP contribution is -2.42. The van der Waals surface area contributed by atoms with Gasteiger partial charge in [-0.05, 0) is 37.3 Å². The van der Waals surface area contributed by atoms with Gasteiger partial charge in [-0.1, -0.05) is 59.8 Å². The van der Waals surface area contributed by atoms with E-state index in [-0.39, 0.29) is 24.9 Å². The number of piperidine rings is 1. The Kier molecular flexibility index (Phi) is 7.82. The Labute approximate surface area is 212 Å². The molecule has 0 spiro atoms. The van der Waals surface area contributed by atoms with Crippen LogP contribution in [0.5, 0.6) is 0 Å². The molecule has 2 aliphatic heterocycles. The number of rotatable bonds is 6. The molecule has 0 aliphatic carbocycles. The van der Waals surface area contributed by atoms with E-state index in [0.717, 1.165) is 25.9 Å². The fraction of sp³-hybridized carbons (Fsp3) is 0.320. The number of alkyl halides is 3. The van der Waals surface area contributed by atoms with Crippen LogP contribution in [0.15, 0.2) is 70.7 Å². The van der Waals surface area contributed by atoms with Gasteiger partial charge in [-0.2, -0.15) is 13.2 Å². The van der Waals surface area contributed by atoms with Gasteiger partial charge in [0.2, 0.25) is 10.0 Å². The molecule has 11 heteroatoms. The predicted octanol–water partition coefficient (Wildman–Crippen LogP) is 5.22. The first-order chi connectivity index (χ1) is 17.0. The number of hydrogen-bond donors (Lipinski definition) is 2. The second-order valence-electron chi connectivity index (χ2n) is 8.75. The normalized spacial score (nSPS) is 17.7. The number of thioether (sulfide) groups is 1. The number of aryl methyl sites for hydroxylation is 1. The highest BCUT2D eigenvalue weighted by Gasteiger charge is 2.39. The lowest BCUT2D eigenvalue weighted by molar-refractivity contribution is -0.113. The number of amides is 1. The molecule has 4 rings (SSSR count). The minimum atomic E-state index is -4.76. The molecule has 0 bridgehead atoms. The summed E-state index contributed by atoms with van der Waals surface area (Å²) in [6.07, 6.45) is -2.21. The largest absolute Gasteiger partial charge is 0.404 e. The van der Waals surface area contributed by atoms with Crippen molar-refractivity contribution >= 4 is 33.4 Å². The molecule has 192 valence electrons. The Bertz CT molecular complexity index is 1280. The van der Waals surface area contributed by atoms with E-state index in [2.05, 4.69) is 10.6 Å². The molecular weight excluding hydrogens is 511 g/mol. The van der Waals surface area contributed by atoms with E-state index in [1.54, 1.807) is 11.6 Å². The van der Waals surface area contributed by atoms with Crippen LogP contribution < -0.4 is 10.6 Å². The van der Waals surface area contributed by atoms with Gasteiger partial charge in [0.15, 0.2) is 5.75 Å². The van der Waals surface area contributed by atoms with Gasteiger partial charge in [-0.15, -0.1) is 0 Å². The average molecular weight is 538 g/mol. The summed E-state index contributed by atoms with van der Waals surface area (Å²) >= 11 is 1.37. The topological polar surface area (TPSA) is 78.5 Å². The zero-order valence-electron chi connectivity index (χ0n) is 19.5. The molecule has 0 radical (unpaired) electrons. The Hall–Kier alpha value is -2.76. The van der Waals surface area contributed by atoms with Crippen molar-refractivity contribution in [2.75, 3.05) is 24.2 Å². The van der Waals surface area contributed by atoms with Crippen LogP contribution >= 0.6 is 11.8 Å². The average Bonchev–Trinajstić information content (AvgIpc) is 2.84. The minimum absolute atomic E-state index is 0.00274. The molecule has 2 aliphatic rings. The number of hydrogen-bond acceptors (Lipinski definition) is 5. The van der Waals surface area contributed by atoms with Gasteiger partial charge in [-0.3, -0.25) is 4.79 Å². The van der Waals surface area contributed by atoms with Crippen molar-refractivity contribution in [3.8, 4) is 11.1 Å². The first-order valence-corrected chi connectivity index (χ1v) is 13.9. The third-order valence-corrected chi connectivity index (χ3v) is 8.98. The number of benzene rings is 2. The first-order valence-electron chi connectivity index (χ1n) is 11.4. The predicted molar refractivity (Wildman–Crippen MR) is 136 cm³/mol. The van der Waals surface area contributed by atoms with Crippen LogP contribution in [0.4, 0.5) is 18.9 Å². The van der Waals surface area contributed by atoms with Crippen molar-refractivity contribution in [2.45, 2.75) is 25.9 Å². The van der Waals surface area contributed by atoms with E-state index >= 15 is 0 Å². The highest BCUT2D eigenvalue weighted by Crippen LogP contribution is 2.36. The van der Waals surface area contributed by atoms with Gasteiger partial charge in [0.05, 0.1) is 0 Å². The van der Waals surface area contributed by atoms with Crippen molar-refractivity contribution in [2.24, 2.45) is 5.92 Å². The number of halogens is 3. The van der Waals surface area contributed by atoms with Crippen LogP contribution in [-0.2, 0) is 14.8 Å². The molecule has 0 aromatic heterocycles. The molecule has 1 saturated heterocycles. The maximum Gasteiger partial charge on any atom is 0.404 e. The lowest BCUT2D eigenvalue weighted by Gasteiger charge is -2.32. The van der Waals surface area contributed by atoms with Gasteiger partial charge in [0.1, 0.15) is 5.70 Å². The summed E-state index contributed by atoms with van der Waals surface area (Å²) in [5, 5.41) is 7.66. The molecule has 36 heavy (non-hydrogen) atoms. The number of nitrogens with one attached hydrogen (secondary N) is 2. The number of para-hydroxylation sites is 1. The quantitative estimate of drug-likeness (QED) is 0.528. The molecule has 2 heterocycles. The van der Waals surface area contributed by atoms with Crippen LogP contribution in [0.3, 0.4) is 0 Å². The summed E-state index contributed by atoms with van der Waals surface area (Å²) in [4.78, 5) is 13.8. The molecule has 0 saturated carbocycles. The fourth-order valence-corrected chi connectivity index (χ4v) is 6.51. The van der Waals surface area contributed by atoms with E-state index in [1.807, 2.05) is 55.5 Å². The summed E-state index contributed by atoms with van der Waals surface area (Å²) in [5.74, 6) is -2.13. The Morgan fingerprint density at radius 2 is 1.78 bits per heavy atom. The molecule has 1 amide bonds. The number of anilines is 1. The minimum Gasteiger partial charge on any atom is -0.356 e. The summed E-state index contributed by atoms with van der Waals surface area (Å²) in [6.45, 7) is 2.08. The molecule has 0 atom stereocenters. The molecule has 2 N–H and O–H groups in total. The summed E-state index contributed by atoms with van der Waals surface area (Å²) in [7, 11) is -4.37. The van der Waals surface area contributed by atoms with Gasteiger partial charge >= 0.3 is 6.18 Å². The van der Waals surface area contributed by atoms with E-state index in [9.17, 15) is 26.4 Å².